The topological polar surface area (TPSA) is 77.2 Å². The van der Waals surface area contributed by atoms with E-state index >= 15 is 0 Å². The molecular formula is C24H27N3O3S. The Kier molecular flexibility index (Phi) is 7.25. The van der Waals surface area contributed by atoms with Gasteiger partial charge < -0.3 is 14.5 Å². The molecule has 162 valence electrons. The standard InChI is InChI=1S/C24H27N3O3S/c1-29-21-13-11-20(12-14-21)23-26-27-24(30-23)31-16-22(28)25-15-17-7-9-19(10-8-17)18-5-3-2-4-6-18/h2-6,11-14,17,19H,7-10,15-16H2,1H3,(H,25,28). The van der Waals surface area contributed by atoms with Gasteiger partial charge in [-0.1, -0.05) is 42.1 Å². The van der Waals surface area contributed by atoms with Crippen LogP contribution in [0.2, 0.25) is 0 Å². The van der Waals surface area contributed by atoms with E-state index in [4.69, 9.17) is 9.15 Å². The van der Waals surface area contributed by atoms with Crippen LogP contribution in [0.3, 0.4) is 0 Å². The van der Waals surface area contributed by atoms with Gasteiger partial charge in [0.2, 0.25) is 11.8 Å². The molecule has 6 nitrogen and oxygen atoms in total. The van der Waals surface area contributed by atoms with Crippen LogP contribution in [0.1, 0.15) is 37.2 Å². The van der Waals surface area contributed by atoms with Gasteiger partial charge in [-0.05, 0) is 67.3 Å². The number of ether oxygens (including phenoxy) is 1. The quantitative estimate of drug-likeness (QED) is 0.504. The van der Waals surface area contributed by atoms with Crippen molar-refractivity contribution in [3.05, 3.63) is 60.2 Å². The van der Waals surface area contributed by atoms with Gasteiger partial charge in [0.15, 0.2) is 0 Å². The molecule has 31 heavy (non-hydrogen) atoms. The summed E-state index contributed by atoms with van der Waals surface area (Å²) in [5.74, 6) is 2.67. The third-order valence-corrected chi connectivity index (χ3v) is 6.59. The molecule has 0 bridgehead atoms. The van der Waals surface area contributed by atoms with Gasteiger partial charge in [-0.25, -0.2) is 0 Å². The molecule has 1 amide bonds. The van der Waals surface area contributed by atoms with Gasteiger partial charge in [0.25, 0.3) is 5.22 Å². The summed E-state index contributed by atoms with van der Waals surface area (Å²) in [5.41, 5.74) is 2.26. The number of carbonyl (C=O) groups is 1. The van der Waals surface area contributed by atoms with Crippen molar-refractivity contribution in [1.82, 2.24) is 15.5 Å². The molecule has 1 N–H and O–H groups in total. The smallest absolute Gasteiger partial charge is 0.277 e. The number of hydrogen-bond acceptors (Lipinski definition) is 6. The maximum Gasteiger partial charge on any atom is 0.277 e. The molecule has 1 heterocycles. The van der Waals surface area contributed by atoms with E-state index in [0.717, 1.165) is 30.7 Å². The predicted molar refractivity (Wildman–Crippen MR) is 121 cm³/mol. The minimum atomic E-state index is -0.000574. The molecule has 1 fully saturated rings. The minimum absolute atomic E-state index is 0.000574. The maximum atomic E-state index is 12.3. The molecule has 1 aliphatic carbocycles. The fourth-order valence-electron chi connectivity index (χ4n) is 3.98. The molecule has 1 saturated carbocycles. The molecule has 0 atom stereocenters. The molecule has 0 spiro atoms. The highest BCUT2D eigenvalue weighted by atomic mass is 32.2. The van der Waals surface area contributed by atoms with Gasteiger partial charge in [0, 0.05) is 12.1 Å². The molecule has 1 aromatic heterocycles. The van der Waals surface area contributed by atoms with Crippen molar-refractivity contribution in [3.8, 4) is 17.2 Å². The van der Waals surface area contributed by atoms with E-state index in [1.807, 2.05) is 24.3 Å². The van der Waals surface area contributed by atoms with Gasteiger partial charge in [0.05, 0.1) is 12.9 Å². The van der Waals surface area contributed by atoms with Gasteiger partial charge in [-0.15, -0.1) is 10.2 Å². The molecule has 0 saturated heterocycles. The third-order valence-electron chi connectivity index (χ3n) is 5.78. The lowest BCUT2D eigenvalue weighted by molar-refractivity contribution is -0.118. The van der Waals surface area contributed by atoms with E-state index in [9.17, 15) is 4.79 Å². The Morgan fingerprint density at radius 3 is 2.52 bits per heavy atom. The largest absolute Gasteiger partial charge is 0.497 e. The zero-order valence-corrected chi connectivity index (χ0v) is 18.4. The highest BCUT2D eigenvalue weighted by Gasteiger charge is 2.22. The molecule has 0 radical (unpaired) electrons. The average Bonchev–Trinajstić information content (AvgIpc) is 3.31. The fraction of sp³-hybridized carbons (Fsp3) is 0.375. The Balaban J connectivity index is 1.18. The summed E-state index contributed by atoms with van der Waals surface area (Å²) in [6.07, 6.45) is 4.69. The SMILES string of the molecule is COc1ccc(-c2nnc(SCC(=O)NCC3CCC(c4ccccc4)CC3)o2)cc1. The lowest BCUT2D eigenvalue weighted by Crippen LogP contribution is -2.32. The summed E-state index contributed by atoms with van der Waals surface area (Å²) in [6.45, 7) is 0.738. The van der Waals surface area contributed by atoms with Crippen molar-refractivity contribution in [3.63, 3.8) is 0 Å². The lowest BCUT2D eigenvalue weighted by atomic mass is 9.79. The average molecular weight is 438 g/mol. The summed E-state index contributed by atoms with van der Waals surface area (Å²) in [6, 6.07) is 18.1. The number of methoxy groups -OCH3 is 1. The van der Waals surface area contributed by atoms with Crippen LogP contribution in [0.25, 0.3) is 11.5 Å². The number of hydrogen-bond donors (Lipinski definition) is 1. The van der Waals surface area contributed by atoms with Gasteiger partial charge in [-0.3, -0.25) is 4.79 Å². The van der Waals surface area contributed by atoms with Crippen molar-refractivity contribution in [2.45, 2.75) is 36.8 Å². The van der Waals surface area contributed by atoms with E-state index in [0.29, 0.717) is 22.9 Å². The van der Waals surface area contributed by atoms with Crippen molar-refractivity contribution >= 4 is 17.7 Å². The first kappa shape index (κ1) is 21.4. The summed E-state index contributed by atoms with van der Waals surface area (Å²) in [4.78, 5) is 12.3. The number of thioether (sulfide) groups is 1. The molecule has 0 aliphatic heterocycles. The Morgan fingerprint density at radius 2 is 1.81 bits per heavy atom. The number of carbonyl (C=O) groups excluding carboxylic acids is 1. The minimum Gasteiger partial charge on any atom is -0.497 e. The zero-order valence-electron chi connectivity index (χ0n) is 17.6. The molecule has 7 heteroatoms. The van der Waals surface area contributed by atoms with Crippen LogP contribution in [0.15, 0.2) is 64.2 Å². The summed E-state index contributed by atoms with van der Waals surface area (Å²) < 4.78 is 10.8. The Morgan fingerprint density at radius 1 is 1.06 bits per heavy atom. The first-order valence-corrected chi connectivity index (χ1v) is 11.6. The maximum absolute atomic E-state index is 12.3. The van der Waals surface area contributed by atoms with Crippen LogP contribution in [0, 0.1) is 5.92 Å². The van der Waals surface area contributed by atoms with Crippen LogP contribution in [-0.2, 0) is 4.79 Å². The highest BCUT2D eigenvalue weighted by Crippen LogP contribution is 2.35. The van der Waals surface area contributed by atoms with Crippen molar-refractivity contribution in [2.75, 3.05) is 19.4 Å². The molecule has 2 aromatic carbocycles. The molecule has 0 unspecified atom stereocenters. The van der Waals surface area contributed by atoms with Crippen LogP contribution in [0.5, 0.6) is 5.75 Å². The second-order valence-corrected chi connectivity index (χ2v) is 8.75. The van der Waals surface area contributed by atoms with E-state index < -0.39 is 0 Å². The van der Waals surface area contributed by atoms with E-state index in [-0.39, 0.29) is 11.7 Å². The van der Waals surface area contributed by atoms with E-state index in [1.165, 1.54) is 30.2 Å². The van der Waals surface area contributed by atoms with E-state index in [1.54, 1.807) is 7.11 Å². The van der Waals surface area contributed by atoms with Gasteiger partial charge in [0.1, 0.15) is 5.75 Å². The first-order chi connectivity index (χ1) is 15.2. The second-order valence-electron chi connectivity index (χ2n) is 7.82. The highest BCUT2D eigenvalue weighted by molar-refractivity contribution is 7.99. The van der Waals surface area contributed by atoms with Crippen molar-refractivity contribution < 1.29 is 13.9 Å². The lowest BCUT2D eigenvalue weighted by Gasteiger charge is -2.28. The number of aromatic nitrogens is 2. The summed E-state index contributed by atoms with van der Waals surface area (Å²) in [5, 5.41) is 11.5. The predicted octanol–water partition coefficient (Wildman–Crippen LogP) is 4.93. The van der Waals surface area contributed by atoms with Crippen LogP contribution in [0.4, 0.5) is 0 Å². The molecule has 3 aromatic rings. The van der Waals surface area contributed by atoms with Crippen LogP contribution in [-0.4, -0.2) is 35.5 Å². The second kappa shape index (κ2) is 10.5. The number of benzene rings is 2. The van der Waals surface area contributed by atoms with Crippen LogP contribution < -0.4 is 10.1 Å². The number of rotatable bonds is 8. The van der Waals surface area contributed by atoms with Crippen molar-refractivity contribution in [1.29, 1.82) is 0 Å². The van der Waals surface area contributed by atoms with Gasteiger partial charge in [-0.2, -0.15) is 0 Å². The van der Waals surface area contributed by atoms with Gasteiger partial charge >= 0.3 is 0 Å². The van der Waals surface area contributed by atoms with E-state index in [2.05, 4.69) is 45.8 Å². The van der Waals surface area contributed by atoms with Crippen molar-refractivity contribution in [2.24, 2.45) is 5.92 Å². The third kappa shape index (κ3) is 5.88. The first-order valence-electron chi connectivity index (χ1n) is 10.6. The number of nitrogens with zero attached hydrogens (tertiary/aromatic N) is 2. The molecular weight excluding hydrogens is 410 g/mol. The summed E-state index contributed by atoms with van der Waals surface area (Å²) in [7, 11) is 1.62. The Hall–Kier alpha value is -2.80. The normalized spacial score (nSPS) is 18.5. The Bertz CT molecular complexity index is 967. The monoisotopic (exact) mass is 437 g/mol. The molecule has 4 rings (SSSR count). The molecule has 1 aliphatic rings. The summed E-state index contributed by atoms with van der Waals surface area (Å²) >= 11 is 1.26. The number of nitrogens with one attached hydrogen (secondary N) is 1. The Labute approximate surface area is 186 Å². The fourth-order valence-corrected chi connectivity index (χ4v) is 4.57. The number of amides is 1. The zero-order chi connectivity index (χ0) is 21.5. The van der Waals surface area contributed by atoms with Crippen LogP contribution >= 0.6 is 11.8 Å².